The number of piperidine rings is 1. The molecule has 2 aromatic carbocycles. The molecule has 1 fully saturated rings. The zero-order valence-corrected chi connectivity index (χ0v) is 15.5. The van der Waals surface area contributed by atoms with E-state index in [4.69, 9.17) is 0 Å². The Hall–Kier alpha value is -1.71. The number of carbonyl (C=O) groups is 1. The van der Waals surface area contributed by atoms with E-state index in [0.717, 1.165) is 19.4 Å². The largest absolute Gasteiger partial charge is 0.395 e. The molecule has 1 heterocycles. The first kappa shape index (κ1) is 18.1. The minimum atomic E-state index is -0.190. The van der Waals surface area contributed by atoms with Gasteiger partial charge in [-0.3, -0.25) is 4.79 Å². The highest BCUT2D eigenvalue weighted by atomic mass is 16.3. The van der Waals surface area contributed by atoms with Gasteiger partial charge in [-0.05, 0) is 41.6 Å². The van der Waals surface area contributed by atoms with E-state index in [1.54, 1.807) is 0 Å². The van der Waals surface area contributed by atoms with Crippen LogP contribution in [0.4, 0.5) is 0 Å². The number of Topliss-reactive ketones (excluding diaryl/α,β-unsaturated/α-hetero) is 1. The van der Waals surface area contributed by atoms with Crippen LogP contribution in [-0.4, -0.2) is 42.0 Å². The zero-order valence-electron chi connectivity index (χ0n) is 15.5. The summed E-state index contributed by atoms with van der Waals surface area (Å²) in [6, 6.07) is 15.0. The van der Waals surface area contributed by atoms with Gasteiger partial charge in [0.15, 0.2) is 0 Å². The molecule has 1 unspecified atom stereocenters. The number of aliphatic hydroxyl groups is 1. The van der Waals surface area contributed by atoms with Crippen molar-refractivity contribution in [1.29, 1.82) is 0 Å². The van der Waals surface area contributed by atoms with Gasteiger partial charge in [0.2, 0.25) is 0 Å². The number of rotatable bonds is 5. The predicted octanol–water partition coefficient (Wildman–Crippen LogP) is 3.78. The van der Waals surface area contributed by atoms with Crippen molar-refractivity contribution in [3.63, 3.8) is 0 Å². The van der Waals surface area contributed by atoms with Gasteiger partial charge in [0.05, 0.1) is 6.61 Å². The van der Waals surface area contributed by atoms with Crippen molar-refractivity contribution in [1.82, 2.24) is 4.90 Å². The average molecular weight is 339 g/mol. The number of hydrogen-bond donors (Lipinski definition) is 1. The summed E-state index contributed by atoms with van der Waals surface area (Å²) in [4.78, 5) is 15.1. The fourth-order valence-corrected chi connectivity index (χ4v) is 4.19. The molecule has 2 aromatic rings. The molecule has 0 aliphatic carbocycles. The highest BCUT2D eigenvalue weighted by Crippen LogP contribution is 2.35. The van der Waals surface area contributed by atoms with Gasteiger partial charge in [0.1, 0.15) is 5.78 Å². The SMILES string of the molecule is CN1CC(C(=O)CC(C)(C)c2cccc3ccccc23)CC[C@@H]1CO. The molecule has 1 aliphatic rings. The number of aliphatic hydroxyl groups excluding tert-OH is 1. The van der Waals surface area contributed by atoms with E-state index >= 15 is 0 Å². The van der Waals surface area contributed by atoms with Crippen molar-refractivity contribution in [2.75, 3.05) is 20.2 Å². The third-order valence-corrected chi connectivity index (χ3v) is 5.78. The number of carbonyl (C=O) groups excluding carboxylic acids is 1. The maximum absolute atomic E-state index is 13.0. The highest BCUT2D eigenvalue weighted by Gasteiger charge is 2.33. The monoisotopic (exact) mass is 339 g/mol. The van der Waals surface area contributed by atoms with Gasteiger partial charge in [-0.25, -0.2) is 0 Å². The van der Waals surface area contributed by atoms with Crippen LogP contribution in [0.1, 0.15) is 38.7 Å². The van der Waals surface area contributed by atoms with Gasteiger partial charge in [-0.1, -0.05) is 56.3 Å². The van der Waals surface area contributed by atoms with Crippen molar-refractivity contribution < 1.29 is 9.90 Å². The molecule has 1 N–H and O–H groups in total. The van der Waals surface area contributed by atoms with Gasteiger partial charge in [0.25, 0.3) is 0 Å². The molecular weight excluding hydrogens is 310 g/mol. The summed E-state index contributed by atoms with van der Waals surface area (Å²) in [7, 11) is 2.01. The van der Waals surface area contributed by atoms with Crippen molar-refractivity contribution in [2.45, 2.75) is 44.6 Å². The van der Waals surface area contributed by atoms with Crippen LogP contribution >= 0.6 is 0 Å². The molecule has 3 nitrogen and oxygen atoms in total. The molecule has 1 saturated heterocycles. The van der Waals surface area contributed by atoms with Crippen molar-refractivity contribution in [3.8, 4) is 0 Å². The third kappa shape index (κ3) is 3.78. The Bertz CT molecular complexity index is 747. The lowest BCUT2D eigenvalue weighted by Crippen LogP contribution is -2.45. The lowest BCUT2D eigenvalue weighted by Gasteiger charge is -2.37. The van der Waals surface area contributed by atoms with Crippen LogP contribution in [0, 0.1) is 5.92 Å². The van der Waals surface area contributed by atoms with Crippen molar-refractivity contribution in [2.24, 2.45) is 5.92 Å². The first-order valence-corrected chi connectivity index (χ1v) is 9.24. The van der Waals surface area contributed by atoms with E-state index in [2.05, 4.69) is 61.2 Å². The highest BCUT2D eigenvalue weighted by molar-refractivity contribution is 5.88. The van der Waals surface area contributed by atoms with Gasteiger partial charge < -0.3 is 10.0 Å². The van der Waals surface area contributed by atoms with Gasteiger partial charge in [-0.2, -0.15) is 0 Å². The Balaban J connectivity index is 1.78. The maximum atomic E-state index is 13.0. The molecule has 0 saturated carbocycles. The number of likely N-dealkylation sites (N-methyl/N-ethyl adjacent to an activating group) is 1. The first-order valence-electron chi connectivity index (χ1n) is 9.24. The van der Waals surface area contributed by atoms with Crippen LogP contribution in [0.3, 0.4) is 0 Å². The summed E-state index contributed by atoms with van der Waals surface area (Å²) >= 11 is 0. The van der Waals surface area contributed by atoms with Gasteiger partial charge in [-0.15, -0.1) is 0 Å². The first-order chi connectivity index (χ1) is 11.9. The molecule has 3 rings (SSSR count). The van der Waals surface area contributed by atoms with E-state index in [9.17, 15) is 9.90 Å². The van der Waals surface area contributed by atoms with Gasteiger partial charge >= 0.3 is 0 Å². The molecule has 0 bridgehead atoms. The molecule has 0 amide bonds. The molecule has 3 heteroatoms. The smallest absolute Gasteiger partial charge is 0.138 e. The van der Waals surface area contributed by atoms with E-state index < -0.39 is 0 Å². The number of nitrogens with zero attached hydrogens (tertiary/aromatic N) is 1. The lowest BCUT2D eigenvalue weighted by molar-refractivity contribution is -0.126. The van der Waals surface area contributed by atoms with Crippen LogP contribution in [0.2, 0.25) is 0 Å². The summed E-state index contributed by atoms with van der Waals surface area (Å²) < 4.78 is 0. The standard InChI is InChI=1S/C22H29NO2/c1-22(2,20-10-6-8-16-7-4-5-9-19(16)20)13-21(25)17-11-12-18(15-24)23(3)14-17/h4-10,17-18,24H,11-15H2,1-3H3/t17?,18-/m1/s1. The fourth-order valence-electron chi connectivity index (χ4n) is 4.19. The molecule has 0 radical (unpaired) electrons. The minimum absolute atomic E-state index is 0.0852. The summed E-state index contributed by atoms with van der Waals surface area (Å²) in [6.45, 7) is 5.29. The second-order valence-electron chi connectivity index (χ2n) is 8.10. The van der Waals surface area contributed by atoms with E-state index in [0.29, 0.717) is 12.2 Å². The van der Waals surface area contributed by atoms with E-state index in [1.165, 1.54) is 16.3 Å². The predicted molar refractivity (Wildman–Crippen MR) is 103 cm³/mol. The number of hydrogen-bond acceptors (Lipinski definition) is 3. The quantitative estimate of drug-likeness (QED) is 0.901. The van der Waals surface area contributed by atoms with Gasteiger partial charge in [0, 0.05) is 24.9 Å². The topological polar surface area (TPSA) is 40.5 Å². The van der Waals surface area contributed by atoms with Crippen LogP contribution < -0.4 is 0 Å². The second kappa shape index (κ2) is 7.27. The summed E-state index contributed by atoms with van der Waals surface area (Å²) in [5.41, 5.74) is 1.06. The third-order valence-electron chi connectivity index (χ3n) is 5.78. The molecule has 0 spiro atoms. The minimum Gasteiger partial charge on any atom is -0.395 e. The van der Waals surface area contributed by atoms with E-state index in [-0.39, 0.29) is 24.0 Å². The molecule has 134 valence electrons. The molecule has 2 atom stereocenters. The fraction of sp³-hybridized carbons (Fsp3) is 0.500. The Morgan fingerprint density at radius 1 is 1.16 bits per heavy atom. The summed E-state index contributed by atoms with van der Waals surface area (Å²) in [6.07, 6.45) is 2.35. The Kier molecular flexibility index (Phi) is 5.26. The summed E-state index contributed by atoms with van der Waals surface area (Å²) in [5, 5.41) is 11.9. The molecular formula is C22H29NO2. The Morgan fingerprint density at radius 3 is 2.60 bits per heavy atom. The van der Waals surface area contributed by atoms with Crippen LogP contribution in [0.5, 0.6) is 0 Å². The Labute approximate surface area is 150 Å². The Morgan fingerprint density at radius 2 is 1.88 bits per heavy atom. The zero-order chi connectivity index (χ0) is 18.0. The summed E-state index contributed by atoms with van der Waals surface area (Å²) in [5.74, 6) is 0.434. The van der Waals surface area contributed by atoms with Crippen molar-refractivity contribution in [3.05, 3.63) is 48.0 Å². The van der Waals surface area contributed by atoms with E-state index in [1.807, 2.05) is 7.05 Å². The molecule has 0 aromatic heterocycles. The maximum Gasteiger partial charge on any atom is 0.138 e. The number of benzene rings is 2. The number of ketones is 1. The number of fused-ring (bicyclic) bond motifs is 1. The normalized spacial score (nSPS) is 22.2. The molecule has 25 heavy (non-hydrogen) atoms. The van der Waals surface area contributed by atoms with Crippen LogP contribution in [0.15, 0.2) is 42.5 Å². The molecule has 1 aliphatic heterocycles. The van der Waals surface area contributed by atoms with Crippen LogP contribution in [0.25, 0.3) is 10.8 Å². The van der Waals surface area contributed by atoms with Crippen molar-refractivity contribution >= 4 is 16.6 Å². The van der Waals surface area contributed by atoms with Crippen LogP contribution in [-0.2, 0) is 10.2 Å². The second-order valence-corrected chi connectivity index (χ2v) is 8.10. The lowest BCUT2D eigenvalue weighted by atomic mass is 9.75. The number of likely N-dealkylation sites (tertiary alicyclic amines) is 1. The average Bonchev–Trinajstić information content (AvgIpc) is 2.60.